The first-order valence-corrected chi connectivity index (χ1v) is 5.44. The van der Waals surface area contributed by atoms with Crippen LogP contribution in [0.5, 0.6) is 6.08 Å². The number of rotatable bonds is 3. The molecule has 0 atom stereocenters. The monoisotopic (exact) mass is 225 g/mol. The van der Waals surface area contributed by atoms with Crippen LogP contribution < -0.4 is 4.74 Å². The lowest BCUT2D eigenvalue weighted by atomic mass is 10.2. The first-order valence-electron chi connectivity index (χ1n) is 5.44. The zero-order chi connectivity index (χ0) is 11.5. The van der Waals surface area contributed by atoms with Gasteiger partial charge >= 0.3 is 6.08 Å². The van der Waals surface area contributed by atoms with E-state index in [1.54, 1.807) is 0 Å². The van der Waals surface area contributed by atoms with Gasteiger partial charge in [0.05, 0.1) is 0 Å². The smallest absolute Gasteiger partial charge is 0.394 e. The van der Waals surface area contributed by atoms with E-state index in [1.807, 2.05) is 54.6 Å². The van der Waals surface area contributed by atoms with Gasteiger partial charge in [0.25, 0.3) is 0 Å². The SMILES string of the molecule is c1ccc(COc2nc3ccccc3o2)cc1. The summed E-state index contributed by atoms with van der Waals surface area (Å²) in [7, 11) is 0. The van der Waals surface area contributed by atoms with Crippen LogP contribution in [0.1, 0.15) is 5.56 Å². The molecule has 1 aromatic heterocycles. The van der Waals surface area contributed by atoms with Gasteiger partial charge in [-0.15, -0.1) is 0 Å². The number of hydrogen-bond donors (Lipinski definition) is 0. The third-order valence-electron chi connectivity index (χ3n) is 2.48. The number of benzene rings is 2. The lowest BCUT2D eigenvalue weighted by Crippen LogP contribution is -1.94. The van der Waals surface area contributed by atoms with Crippen LogP contribution >= 0.6 is 0 Å². The summed E-state index contributed by atoms with van der Waals surface area (Å²) in [6.07, 6.45) is 0.315. The fourth-order valence-corrected chi connectivity index (χ4v) is 1.63. The Morgan fingerprint density at radius 1 is 0.941 bits per heavy atom. The Morgan fingerprint density at radius 2 is 1.71 bits per heavy atom. The molecule has 0 aliphatic rings. The molecule has 0 bridgehead atoms. The molecule has 0 saturated carbocycles. The summed E-state index contributed by atoms with van der Waals surface area (Å²) in [6.45, 7) is 0.466. The maximum atomic E-state index is 5.50. The van der Waals surface area contributed by atoms with Crippen LogP contribution in [-0.2, 0) is 6.61 Å². The highest BCUT2D eigenvalue weighted by atomic mass is 16.6. The fourth-order valence-electron chi connectivity index (χ4n) is 1.63. The highest BCUT2D eigenvalue weighted by Crippen LogP contribution is 2.20. The first-order chi connectivity index (χ1) is 8.42. The molecule has 84 valence electrons. The van der Waals surface area contributed by atoms with Crippen LogP contribution in [0, 0.1) is 0 Å². The Hall–Kier alpha value is -2.29. The van der Waals surface area contributed by atoms with Crippen molar-refractivity contribution in [3.8, 4) is 6.08 Å². The Bertz CT molecular complexity index is 583. The molecule has 0 aliphatic carbocycles. The lowest BCUT2D eigenvalue weighted by molar-refractivity contribution is 0.226. The number of nitrogens with zero attached hydrogens (tertiary/aromatic N) is 1. The summed E-state index contributed by atoms with van der Waals surface area (Å²) in [5, 5.41) is 0. The normalized spacial score (nSPS) is 10.6. The van der Waals surface area contributed by atoms with Crippen LogP contribution in [0.2, 0.25) is 0 Å². The molecule has 3 aromatic rings. The lowest BCUT2D eigenvalue weighted by Gasteiger charge is -2.00. The minimum absolute atomic E-state index is 0.315. The highest BCUT2D eigenvalue weighted by Gasteiger charge is 2.05. The van der Waals surface area contributed by atoms with Crippen molar-refractivity contribution in [1.82, 2.24) is 4.98 Å². The van der Waals surface area contributed by atoms with Crippen LogP contribution in [0.15, 0.2) is 59.0 Å². The van der Waals surface area contributed by atoms with Crippen molar-refractivity contribution in [2.24, 2.45) is 0 Å². The number of hydrogen-bond acceptors (Lipinski definition) is 3. The second kappa shape index (κ2) is 4.29. The average molecular weight is 225 g/mol. The maximum Gasteiger partial charge on any atom is 0.394 e. The zero-order valence-corrected chi connectivity index (χ0v) is 9.17. The molecule has 1 heterocycles. The molecular formula is C14H11NO2. The number of fused-ring (bicyclic) bond motifs is 1. The quantitative estimate of drug-likeness (QED) is 0.685. The number of ether oxygens (including phenoxy) is 1. The molecule has 0 radical (unpaired) electrons. The Balaban J connectivity index is 1.77. The van der Waals surface area contributed by atoms with Crippen LogP contribution in [-0.4, -0.2) is 4.98 Å². The topological polar surface area (TPSA) is 35.3 Å². The standard InChI is InChI=1S/C14H11NO2/c1-2-6-11(7-3-1)10-16-14-15-12-8-4-5-9-13(12)17-14/h1-9H,10H2. The van der Waals surface area contributed by atoms with E-state index in [4.69, 9.17) is 9.15 Å². The molecule has 3 nitrogen and oxygen atoms in total. The second-order valence-electron chi connectivity index (χ2n) is 3.72. The second-order valence-corrected chi connectivity index (χ2v) is 3.72. The van der Waals surface area contributed by atoms with E-state index in [-0.39, 0.29) is 0 Å². The molecule has 3 heteroatoms. The van der Waals surface area contributed by atoms with E-state index in [1.165, 1.54) is 0 Å². The third-order valence-corrected chi connectivity index (χ3v) is 2.48. The summed E-state index contributed by atoms with van der Waals surface area (Å²) in [5.74, 6) is 0. The molecule has 0 N–H and O–H groups in total. The van der Waals surface area contributed by atoms with E-state index in [2.05, 4.69) is 4.98 Å². The van der Waals surface area contributed by atoms with E-state index < -0.39 is 0 Å². The van der Waals surface area contributed by atoms with Crippen LogP contribution in [0.3, 0.4) is 0 Å². The molecule has 2 aromatic carbocycles. The number of aromatic nitrogens is 1. The van der Waals surface area contributed by atoms with E-state index in [0.29, 0.717) is 12.7 Å². The van der Waals surface area contributed by atoms with Gasteiger partial charge in [0.15, 0.2) is 5.58 Å². The van der Waals surface area contributed by atoms with Crippen molar-refractivity contribution >= 4 is 11.1 Å². The largest absolute Gasteiger partial charge is 0.445 e. The first kappa shape index (κ1) is 9.90. The molecule has 0 aliphatic heterocycles. The third kappa shape index (κ3) is 2.13. The van der Waals surface area contributed by atoms with Crippen LogP contribution in [0.25, 0.3) is 11.1 Å². The van der Waals surface area contributed by atoms with Gasteiger partial charge in [0.2, 0.25) is 0 Å². The molecular weight excluding hydrogens is 214 g/mol. The molecule has 0 amide bonds. The minimum atomic E-state index is 0.315. The fraction of sp³-hybridized carbons (Fsp3) is 0.0714. The van der Waals surface area contributed by atoms with Gasteiger partial charge in [-0.25, -0.2) is 0 Å². The Morgan fingerprint density at radius 3 is 2.53 bits per heavy atom. The van der Waals surface area contributed by atoms with Gasteiger partial charge in [-0.2, -0.15) is 4.98 Å². The summed E-state index contributed by atoms with van der Waals surface area (Å²) in [6, 6.07) is 17.5. The van der Waals surface area contributed by atoms with Gasteiger partial charge < -0.3 is 9.15 Å². The molecule has 0 fully saturated rings. The van der Waals surface area contributed by atoms with Crippen molar-refractivity contribution < 1.29 is 9.15 Å². The highest BCUT2D eigenvalue weighted by molar-refractivity contribution is 5.72. The summed E-state index contributed by atoms with van der Waals surface area (Å²) >= 11 is 0. The van der Waals surface area contributed by atoms with Gasteiger partial charge in [0.1, 0.15) is 12.1 Å². The minimum Gasteiger partial charge on any atom is -0.445 e. The van der Waals surface area contributed by atoms with Gasteiger partial charge in [-0.05, 0) is 17.7 Å². The van der Waals surface area contributed by atoms with Crippen LogP contribution in [0.4, 0.5) is 0 Å². The van der Waals surface area contributed by atoms with Crippen molar-refractivity contribution in [3.05, 3.63) is 60.2 Å². The summed E-state index contributed by atoms with van der Waals surface area (Å²) in [5.41, 5.74) is 2.65. The van der Waals surface area contributed by atoms with Gasteiger partial charge in [0, 0.05) is 0 Å². The molecule has 0 spiro atoms. The predicted octanol–water partition coefficient (Wildman–Crippen LogP) is 3.41. The van der Waals surface area contributed by atoms with Crippen molar-refractivity contribution in [1.29, 1.82) is 0 Å². The van der Waals surface area contributed by atoms with Gasteiger partial charge in [-0.3, -0.25) is 0 Å². The summed E-state index contributed by atoms with van der Waals surface area (Å²) in [4.78, 5) is 4.24. The van der Waals surface area contributed by atoms with E-state index >= 15 is 0 Å². The average Bonchev–Trinajstić information content (AvgIpc) is 2.80. The molecule has 3 rings (SSSR count). The number of oxazole rings is 1. The molecule has 0 saturated heterocycles. The van der Waals surface area contributed by atoms with E-state index in [0.717, 1.165) is 16.7 Å². The summed E-state index contributed by atoms with van der Waals surface area (Å²) < 4.78 is 11.0. The zero-order valence-electron chi connectivity index (χ0n) is 9.17. The van der Waals surface area contributed by atoms with Crippen molar-refractivity contribution in [2.45, 2.75) is 6.61 Å². The molecule has 17 heavy (non-hydrogen) atoms. The Labute approximate surface area is 98.7 Å². The predicted molar refractivity (Wildman–Crippen MR) is 64.8 cm³/mol. The Kier molecular flexibility index (Phi) is 2.50. The van der Waals surface area contributed by atoms with Gasteiger partial charge in [-0.1, -0.05) is 42.5 Å². The van der Waals surface area contributed by atoms with Crippen molar-refractivity contribution in [3.63, 3.8) is 0 Å². The van der Waals surface area contributed by atoms with Crippen molar-refractivity contribution in [2.75, 3.05) is 0 Å². The molecule has 0 unspecified atom stereocenters. The number of para-hydroxylation sites is 2. The maximum absolute atomic E-state index is 5.50. The van der Waals surface area contributed by atoms with E-state index in [9.17, 15) is 0 Å².